The van der Waals surface area contributed by atoms with E-state index in [1.54, 1.807) is 13.0 Å². The summed E-state index contributed by atoms with van der Waals surface area (Å²) in [5.74, 6) is -1.06. The van der Waals surface area contributed by atoms with Crippen molar-refractivity contribution in [2.75, 3.05) is 22.9 Å². The van der Waals surface area contributed by atoms with Crippen molar-refractivity contribution in [3.8, 4) is 21.8 Å². The van der Waals surface area contributed by atoms with Crippen LogP contribution in [-0.2, 0) is 4.74 Å². The van der Waals surface area contributed by atoms with Crippen molar-refractivity contribution in [3.63, 3.8) is 0 Å². The van der Waals surface area contributed by atoms with Crippen molar-refractivity contribution in [2.24, 2.45) is 0 Å². The second kappa shape index (κ2) is 10.3. The number of carbonyl (C=O) groups excluding carboxylic acids is 2. The summed E-state index contributed by atoms with van der Waals surface area (Å²) in [6.07, 6.45) is 1.92. The van der Waals surface area contributed by atoms with Crippen LogP contribution in [0.4, 0.5) is 10.7 Å². The van der Waals surface area contributed by atoms with Crippen molar-refractivity contribution in [1.82, 2.24) is 10.1 Å². The van der Waals surface area contributed by atoms with E-state index < -0.39 is 11.9 Å². The van der Waals surface area contributed by atoms with Crippen molar-refractivity contribution in [3.05, 3.63) is 72.1 Å². The number of benzene rings is 2. The molecule has 168 valence electrons. The molecule has 0 atom stereocenters. The number of ether oxygens (including phenoxy) is 1. The van der Waals surface area contributed by atoms with Crippen molar-refractivity contribution >= 4 is 45.8 Å². The molecule has 8 nitrogen and oxygen atoms in total. The minimum atomic E-state index is -0.612. The van der Waals surface area contributed by atoms with E-state index in [1.807, 2.05) is 60.9 Å². The lowest BCUT2D eigenvalue weighted by Crippen LogP contribution is -2.14. The fourth-order valence-corrected chi connectivity index (χ4v) is 4.43. The summed E-state index contributed by atoms with van der Waals surface area (Å²) in [5.41, 5.74) is 2.77. The molecule has 2 aromatic heterocycles. The third-order valence-electron chi connectivity index (χ3n) is 4.47. The summed E-state index contributed by atoms with van der Waals surface area (Å²) in [6, 6.07) is 18.7. The fourth-order valence-electron chi connectivity index (χ4n) is 3.02. The van der Waals surface area contributed by atoms with Gasteiger partial charge >= 0.3 is 17.8 Å². The van der Waals surface area contributed by atoms with Gasteiger partial charge in [-0.3, -0.25) is 4.79 Å². The Morgan fingerprint density at radius 3 is 2.64 bits per heavy atom. The van der Waals surface area contributed by atoms with Crippen LogP contribution in [-0.4, -0.2) is 34.9 Å². The maximum Gasteiger partial charge on any atom is 0.341 e. The number of hydrogen-bond acceptors (Lipinski definition) is 9. The minimum absolute atomic E-state index is 0.210. The molecule has 0 fully saturated rings. The van der Waals surface area contributed by atoms with Gasteiger partial charge in [-0.25, -0.2) is 4.79 Å². The second-order valence-corrected chi connectivity index (χ2v) is 8.37. The van der Waals surface area contributed by atoms with Crippen LogP contribution in [0.1, 0.15) is 28.0 Å². The molecule has 0 aliphatic carbocycles. The molecule has 0 saturated heterocycles. The second-order valence-electron chi connectivity index (χ2n) is 6.70. The number of anilines is 2. The third-order valence-corrected chi connectivity index (χ3v) is 6.01. The van der Waals surface area contributed by atoms with Gasteiger partial charge in [0.05, 0.1) is 12.2 Å². The van der Waals surface area contributed by atoms with E-state index in [2.05, 4.69) is 20.2 Å². The molecule has 0 aliphatic rings. The highest BCUT2D eigenvalue weighted by atomic mass is 32.2. The average molecular weight is 481 g/mol. The normalized spacial score (nSPS) is 10.6. The number of thiophene rings is 1. The lowest BCUT2D eigenvalue weighted by Gasteiger charge is -2.03. The number of esters is 1. The number of aromatic nitrogens is 2. The van der Waals surface area contributed by atoms with Crippen LogP contribution in [0.5, 0.6) is 0 Å². The highest BCUT2D eigenvalue weighted by molar-refractivity contribution is 7.99. The number of amides is 1. The molecule has 0 aliphatic heterocycles. The molecular weight excluding hydrogens is 460 g/mol. The zero-order valence-electron chi connectivity index (χ0n) is 17.8. The molecule has 2 aromatic carbocycles. The topological polar surface area (TPSA) is 106 Å². The maximum atomic E-state index is 12.8. The van der Waals surface area contributed by atoms with Gasteiger partial charge < -0.3 is 19.3 Å². The first-order chi connectivity index (χ1) is 16.1. The summed E-state index contributed by atoms with van der Waals surface area (Å²) in [5, 5.41) is 6.99. The first kappa shape index (κ1) is 22.6. The maximum absolute atomic E-state index is 12.8. The predicted octanol–water partition coefficient (Wildman–Crippen LogP) is 5.58. The van der Waals surface area contributed by atoms with Gasteiger partial charge in [0, 0.05) is 22.4 Å². The molecule has 1 amide bonds. The molecule has 4 aromatic rings. The van der Waals surface area contributed by atoms with Crippen LogP contribution in [0.25, 0.3) is 21.8 Å². The Morgan fingerprint density at radius 2 is 1.88 bits per heavy atom. The number of nitrogens with one attached hydrogen (secondary N) is 2. The Labute approximate surface area is 198 Å². The minimum Gasteiger partial charge on any atom is -0.462 e. The van der Waals surface area contributed by atoms with Crippen LogP contribution < -0.4 is 10.0 Å². The van der Waals surface area contributed by atoms with Gasteiger partial charge in [-0.2, -0.15) is 4.98 Å². The van der Waals surface area contributed by atoms with E-state index in [4.69, 9.17) is 9.26 Å². The van der Waals surface area contributed by atoms with E-state index in [9.17, 15) is 9.59 Å². The molecule has 0 saturated carbocycles. The van der Waals surface area contributed by atoms with Crippen molar-refractivity contribution < 1.29 is 18.8 Å². The molecular formula is C23H20N4O4S2. The quantitative estimate of drug-likeness (QED) is 0.248. The first-order valence-electron chi connectivity index (χ1n) is 10.00. The van der Waals surface area contributed by atoms with Gasteiger partial charge in [0.25, 0.3) is 0 Å². The Bertz CT molecular complexity index is 1270. The summed E-state index contributed by atoms with van der Waals surface area (Å²) < 4.78 is 13.5. The monoisotopic (exact) mass is 480 g/mol. The van der Waals surface area contributed by atoms with Gasteiger partial charge in [0.2, 0.25) is 5.82 Å². The molecule has 10 heteroatoms. The van der Waals surface area contributed by atoms with Gasteiger partial charge in [-0.05, 0) is 30.7 Å². The van der Waals surface area contributed by atoms with Gasteiger partial charge in [0.1, 0.15) is 5.00 Å². The first-order valence-corrected chi connectivity index (χ1v) is 12.0. The van der Waals surface area contributed by atoms with E-state index >= 15 is 0 Å². The number of nitrogens with zero attached hydrogens (tertiary/aromatic N) is 2. The lowest BCUT2D eigenvalue weighted by atomic mass is 10.1. The smallest absolute Gasteiger partial charge is 0.341 e. The van der Waals surface area contributed by atoms with Crippen molar-refractivity contribution in [2.45, 2.75) is 6.92 Å². The van der Waals surface area contributed by atoms with E-state index in [0.29, 0.717) is 10.6 Å². The zero-order chi connectivity index (χ0) is 23.2. The molecule has 0 bridgehead atoms. The van der Waals surface area contributed by atoms with Gasteiger partial charge in [-0.1, -0.05) is 59.6 Å². The van der Waals surface area contributed by atoms with Gasteiger partial charge in [-0.15, -0.1) is 11.3 Å². The van der Waals surface area contributed by atoms with E-state index in [-0.39, 0.29) is 23.9 Å². The Kier molecular flexibility index (Phi) is 7.06. The fraction of sp³-hybridized carbons (Fsp3) is 0.130. The van der Waals surface area contributed by atoms with E-state index in [1.165, 1.54) is 23.3 Å². The lowest BCUT2D eigenvalue weighted by molar-refractivity contribution is 0.0528. The standard InChI is InChI=1S/C23H20N4O4S2/c1-3-30-23(29)17-13-18(14-8-5-4-6-9-14)33-22(17)25-20(28)21-24-19(26-31-21)15-10-7-11-16(12-15)27-32-2/h4-13,27H,3H2,1-2H3,(H,25,28). The summed E-state index contributed by atoms with van der Waals surface area (Å²) in [6.45, 7) is 1.95. The molecule has 33 heavy (non-hydrogen) atoms. The number of rotatable bonds is 8. The average Bonchev–Trinajstić information content (AvgIpc) is 3.48. The molecule has 0 unspecified atom stereocenters. The van der Waals surface area contributed by atoms with Gasteiger partial charge in [0.15, 0.2) is 0 Å². The Morgan fingerprint density at radius 1 is 1.09 bits per heavy atom. The SMILES string of the molecule is CCOC(=O)c1cc(-c2ccccc2)sc1NC(=O)c1nc(-c2cccc(NSC)c2)no1. The Hall–Kier alpha value is -3.63. The van der Waals surface area contributed by atoms with Crippen LogP contribution in [0.15, 0.2) is 65.2 Å². The molecule has 0 spiro atoms. The summed E-state index contributed by atoms with van der Waals surface area (Å²) in [7, 11) is 0. The summed E-state index contributed by atoms with van der Waals surface area (Å²) >= 11 is 2.73. The highest BCUT2D eigenvalue weighted by Crippen LogP contribution is 2.36. The zero-order valence-corrected chi connectivity index (χ0v) is 19.5. The molecule has 2 heterocycles. The largest absolute Gasteiger partial charge is 0.462 e. The number of carbonyl (C=O) groups is 2. The predicted molar refractivity (Wildman–Crippen MR) is 131 cm³/mol. The van der Waals surface area contributed by atoms with Crippen LogP contribution in [0.2, 0.25) is 0 Å². The van der Waals surface area contributed by atoms with Crippen molar-refractivity contribution in [1.29, 1.82) is 0 Å². The van der Waals surface area contributed by atoms with Crippen LogP contribution >= 0.6 is 23.3 Å². The molecule has 4 rings (SSSR count). The Balaban J connectivity index is 1.59. The highest BCUT2D eigenvalue weighted by Gasteiger charge is 2.23. The molecule has 0 radical (unpaired) electrons. The summed E-state index contributed by atoms with van der Waals surface area (Å²) in [4.78, 5) is 30.4. The molecule has 2 N–H and O–H groups in total. The van der Waals surface area contributed by atoms with E-state index in [0.717, 1.165) is 16.1 Å². The van der Waals surface area contributed by atoms with Crippen LogP contribution in [0, 0.1) is 0 Å². The van der Waals surface area contributed by atoms with Crippen LogP contribution in [0.3, 0.4) is 0 Å². The number of hydrogen-bond donors (Lipinski definition) is 2. The third kappa shape index (κ3) is 5.24.